The van der Waals surface area contributed by atoms with E-state index in [0.717, 1.165) is 38.3 Å². The van der Waals surface area contributed by atoms with Crippen LogP contribution in [-0.2, 0) is 0 Å². The molecular weight excluding hydrogens is 256 g/mol. The van der Waals surface area contributed by atoms with Crippen molar-refractivity contribution < 1.29 is 14.6 Å². The molecule has 0 amide bonds. The summed E-state index contributed by atoms with van der Waals surface area (Å²) in [7, 11) is 2.12. The third kappa shape index (κ3) is 3.95. The van der Waals surface area contributed by atoms with E-state index in [-0.39, 0.29) is 5.56 Å². The van der Waals surface area contributed by atoms with Gasteiger partial charge in [0.05, 0.1) is 0 Å². The van der Waals surface area contributed by atoms with Gasteiger partial charge in [0, 0.05) is 32.7 Å². The number of hydrogen-bond donors (Lipinski definition) is 1. The number of ether oxygens (including phenoxy) is 1. The number of hydrogen-bond acceptors (Lipinski definition) is 4. The molecule has 1 aliphatic heterocycles. The van der Waals surface area contributed by atoms with Gasteiger partial charge >= 0.3 is 5.97 Å². The second-order valence-corrected chi connectivity index (χ2v) is 5.30. The maximum atomic E-state index is 11.2. The Labute approximate surface area is 119 Å². The normalized spacial score (nSPS) is 17.1. The van der Waals surface area contributed by atoms with Crippen LogP contribution in [0.2, 0.25) is 0 Å². The SMILES string of the molecule is Cc1ccc(OCCN2CCN(C)CC2)c(C(=O)O)c1. The van der Waals surface area contributed by atoms with Gasteiger partial charge < -0.3 is 14.7 Å². The standard InChI is InChI=1S/C15H22N2O3/c1-12-3-4-14(13(11-12)15(18)19)20-10-9-17-7-5-16(2)6-8-17/h3-4,11H,5-10H2,1-2H3,(H,18,19). The van der Waals surface area contributed by atoms with Crippen LogP contribution in [0.1, 0.15) is 15.9 Å². The molecule has 1 fully saturated rings. The van der Waals surface area contributed by atoms with Gasteiger partial charge in [0.25, 0.3) is 0 Å². The van der Waals surface area contributed by atoms with Crippen LogP contribution in [0.25, 0.3) is 0 Å². The molecule has 0 saturated carbocycles. The summed E-state index contributed by atoms with van der Waals surface area (Å²) in [5.41, 5.74) is 1.16. The number of likely N-dealkylation sites (N-methyl/N-ethyl adjacent to an activating group) is 1. The molecule has 1 heterocycles. The van der Waals surface area contributed by atoms with Crippen LogP contribution in [0, 0.1) is 6.92 Å². The fourth-order valence-electron chi connectivity index (χ4n) is 2.29. The second-order valence-electron chi connectivity index (χ2n) is 5.30. The summed E-state index contributed by atoms with van der Waals surface area (Å²) in [6.07, 6.45) is 0. The number of benzene rings is 1. The minimum absolute atomic E-state index is 0.239. The minimum atomic E-state index is -0.941. The van der Waals surface area contributed by atoms with Gasteiger partial charge in [0.15, 0.2) is 0 Å². The van der Waals surface area contributed by atoms with E-state index in [1.807, 2.05) is 13.0 Å². The average Bonchev–Trinajstić information content (AvgIpc) is 2.42. The molecule has 0 aromatic heterocycles. The molecule has 1 saturated heterocycles. The fourth-order valence-corrected chi connectivity index (χ4v) is 2.29. The van der Waals surface area contributed by atoms with Crippen molar-refractivity contribution in [3.05, 3.63) is 29.3 Å². The first kappa shape index (κ1) is 14.8. The van der Waals surface area contributed by atoms with Crippen molar-refractivity contribution in [2.24, 2.45) is 0 Å². The summed E-state index contributed by atoms with van der Waals surface area (Å²) in [5, 5.41) is 9.17. The smallest absolute Gasteiger partial charge is 0.339 e. The van der Waals surface area contributed by atoms with Gasteiger partial charge in [-0.05, 0) is 26.1 Å². The Kier molecular flexibility index (Phi) is 4.98. The van der Waals surface area contributed by atoms with Gasteiger partial charge in [-0.2, -0.15) is 0 Å². The van der Waals surface area contributed by atoms with Crippen LogP contribution in [0.15, 0.2) is 18.2 Å². The lowest BCUT2D eigenvalue weighted by Gasteiger charge is -2.32. The van der Waals surface area contributed by atoms with Crippen molar-refractivity contribution in [3.63, 3.8) is 0 Å². The Balaban J connectivity index is 1.86. The molecule has 1 aromatic rings. The lowest BCUT2D eigenvalue weighted by atomic mass is 10.1. The van der Waals surface area contributed by atoms with Crippen molar-refractivity contribution >= 4 is 5.97 Å². The highest BCUT2D eigenvalue weighted by molar-refractivity contribution is 5.91. The molecule has 0 aliphatic carbocycles. The van der Waals surface area contributed by atoms with E-state index >= 15 is 0 Å². The quantitative estimate of drug-likeness (QED) is 0.880. The van der Waals surface area contributed by atoms with Gasteiger partial charge in [-0.3, -0.25) is 4.90 Å². The van der Waals surface area contributed by atoms with Gasteiger partial charge in [0.2, 0.25) is 0 Å². The van der Waals surface area contributed by atoms with Gasteiger partial charge in [0.1, 0.15) is 17.9 Å². The zero-order chi connectivity index (χ0) is 14.5. The Morgan fingerprint density at radius 3 is 2.65 bits per heavy atom. The molecular formula is C15H22N2O3. The summed E-state index contributed by atoms with van der Waals surface area (Å²) < 4.78 is 5.65. The third-order valence-electron chi connectivity index (χ3n) is 3.63. The molecule has 110 valence electrons. The highest BCUT2D eigenvalue weighted by Gasteiger charge is 2.15. The predicted molar refractivity (Wildman–Crippen MR) is 77.6 cm³/mol. The topological polar surface area (TPSA) is 53.0 Å². The van der Waals surface area contributed by atoms with E-state index in [1.54, 1.807) is 12.1 Å². The molecule has 0 spiro atoms. The summed E-state index contributed by atoms with van der Waals surface area (Å²) >= 11 is 0. The Bertz CT molecular complexity index is 468. The molecule has 1 aliphatic rings. The molecule has 5 heteroatoms. The number of carboxylic acid groups (broad SMARTS) is 1. The zero-order valence-corrected chi connectivity index (χ0v) is 12.1. The highest BCUT2D eigenvalue weighted by atomic mass is 16.5. The van der Waals surface area contributed by atoms with E-state index in [0.29, 0.717) is 12.4 Å². The van der Waals surface area contributed by atoms with E-state index in [2.05, 4.69) is 16.8 Å². The van der Waals surface area contributed by atoms with Crippen LogP contribution in [0.5, 0.6) is 5.75 Å². The Morgan fingerprint density at radius 1 is 1.30 bits per heavy atom. The number of piperazine rings is 1. The number of nitrogens with zero attached hydrogens (tertiary/aromatic N) is 2. The monoisotopic (exact) mass is 278 g/mol. The second kappa shape index (κ2) is 6.72. The number of carboxylic acids is 1. The number of aryl methyl sites for hydroxylation is 1. The molecule has 0 bridgehead atoms. The molecule has 0 unspecified atom stereocenters. The summed E-state index contributed by atoms with van der Waals surface area (Å²) in [6.45, 7) is 7.46. The molecule has 0 atom stereocenters. The van der Waals surface area contributed by atoms with E-state index in [9.17, 15) is 9.90 Å². The van der Waals surface area contributed by atoms with E-state index in [4.69, 9.17) is 4.74 Å². The molecule has 20 heavy (non-hydrogen) atoms. The van der Waals surface area contributed by atoms with Crippen LogP contribution in [0.3, 0.4) is 0 Å². The largest absolute Gasteiger partial charge is 0.491 e. The average molecular weight is 278 g/mol. The third-order valence-corrected chi connectivity index (χ3v) is 3.63. The minimum Gasteiger partial charge on any atom is -0.491 e. The van der Waals surface area contributed by atoms with Crippen molar-refractivity contribution in [3.8, 4) is 5.75 Å². The first-order valence-corrected chi connectivity index (χ1v) is 6.94. The maximum Gasteiger partial charge on any atom is 0.339 e. The van der Waals surface area contributed by atoms with E-state index < -0.39 is 5.97 Å². The highest BCUT2D eigenvalue weighted by Crippen LogP contribution is 2.20. The molecule has 0 radical (unpaired) electrons. The van der Waals surface area contributed by atoms with Crippen LogP contribution < -0.4 is 4.74 Å². The Hall–Kier alpha value is -1.59. The summed E-state index contributed by atoms with van der Waals surface area (Å²) in [6, 6.07) is 5.26. The van der Waals surface area contributed by atoms with E-state index in [1.165, 1.54) is 0 Å². The number of aromatic carboxylic acids is 1. The van der Waals surface area contributed by atoms with Crippen molar-refractivity contribution in [1.82, 2.24) is 9.80 Å². The maximum absolute atomic E-state index is 11.2. The van der Waals surface area contributed by atoms with Crippen LogP contribution in [0.4, 0.5) is 0 Å². The number of rotatable bonds is 5. The predicted octanol–water partition coefficient (Wildman–Crippen LogP) is 1.32. The molecule has 5 nitrogen and oxygen atoms in total. The van der Waals surface area contributed by atoms with Crippen LogP contribution >= 0.6 is 0 Å². The van der Waals surface area contributed by atoms with Crippen molar-refractivity contribution in [2.75, 3.05) is 46.4 Å². The summed E-state index contributed by atoms with van der Waals surface area (Å²) in [5.74, 6) is -0.486. The first-order chi connectivity index (χ1) is 9.56. The van der Waals surface area contributed by atoms with Crippen molar-refractivity contribution in [2.45, 2.75) is 6.92 Å². The van der Waals surface area contributed by atoms with Gasteiger partial charge in [-0.25, -0.2) is 4.79 Å². The number of carbonyl (C=O) groups is 1. The Morgan fingerprint density at radius 2 is 2.00 bits per heavy atom. The molecule has 1 N–H and O–H groups in total. The molecule has 1 aromatic carbocycles. The first-order valence-electron chi connectivity index (χ1n) is 6.94. The molecule has 2 rings (SSSR count). The lowest BCUT2D eigenvalue weighted by Crippen LogP contribution is -2.45. The summed E-state index contributed by atoms with van der Waals surface area (Å²) in [4.78, 5) is 15.8. The fraction of sp³-hybridized carbons (Fsp3) is 0.533. The van der Waals surface area contributed by atoms with Crippen molar-refractivity contribution in [1.29, 1.82) is 0 Å². The zero-order valence-electron chi connectivity index (χ0n) is 12.1. The van der Waals surface area contributed by atoms with Gasteiger partial charge in [-0.1, -0.05) is 11.6 Å². The van der Waals surface area contributed by atoms with Crippen LogP contribution in [-0.4, -0.2) is 67.3 Å². The lowest BCUT2D eigenvalue weighted by molar-refractivity contribution is 0.0690. The van der Waals surface area contributed by atoms with Gasteiger partial charge in [-0.15, -0.1) is 0 Å².